The summed E-state index contributed by atoms with van der Waals surface area (Å²) in [5, 5.41) is 4.37. The normalized spacial score (nSPS) is 19.3. The van der Waals surface area contributed by atoms with E-state index in [-0.39, 0.29) is 12.1 Å². The van der Waals surface area contributed by atoms with Gasteiger partial charge in [0.05, 0.1) is 18.0 Å². The monoisotopic (exact) mass is 323 g/mol. The second-order valence-corrected chi connectivity index (χ2v) is 6.61. The highest BCUT2D eigenvalue weighted by Crippen LogP contribution is 2.15. The number of hydrogen-bond acceptors (Lipinski definition) is 5. The van der Waals surface area contributed by atoms with Gasteiger partial charge in [-0.3, -0.25) is 9.58 Å². The third-order valence-corrected chi connectivity index (χ3v) is 4.13. The van der Waals surface area contributed by atoms with Crippen LogP contribution >= 0.6 is 0 Å². The Labute approximate surface area is 138 Å². The minimum absolute atomic E-state index is 0.0479. The predicted octanol–water partition coefficient (Wildman–Crippen LogP) is 2.03. The highest BCUT2D eigenvalue weighted by Gasteiger charge is 2.24. The molecule has 0 aliphatic carbocycles. The van der Waals surface area contributed by atoms with E-state index in [4.69, 9.17) is 9.47 Å². The van der Waals surface area contributed by atoms with E-state index in [0.717, 1.165) is 37.6 Å². The van der Waals surface area contributed by atoms with Crippen molar-refractivity contribution in [1.29, 1.82) is 0 Å². The first-order valence-electron chi connectivity index (χ1n) is 8.47. The lowest BCUT2D eigenvalue weighted by Crippen LogP contribution is -2.45. The standard InChI is InChI=1S/C17H29N3O3/c1-6-20-14(5)16(13(4)18-20)17(21)23-11-15-10-19(7-8-22-15)9-12(2)3/h12,15H,6-11H2,1-5H3/t15-/m1/s1. The van der Waals surface area contributed by atoms with Gasteiger partial charge in [-0.15, -0.1) is 0 Å². The van der Waals surface area contributed by atoms with Gasteiger partial charge in [0.2, 0.25) is 0 Å². The van der Waals surface area contributed by atoms with E-state index in [1.165, 1.54) is 0 Å². The predicted molar refractivity (Wildman–Crippen MR) is 88.7 cm³/mol. The number of morpholine rings is 1. The summed E-state index contributed by atoms with van der Waals surface area (Å²) in [6.07, 6.45) is -0.0479. The molecule has 1 aliphatic heterocycles. The van der Waals surface area contributed by atoms with Gasteiger partial charge in [0.25, 0.3) is 0 Å². The maximum Gasteiger partial charge on any atom is 0.341 e. The molecule has 130 valence electrons. The van der Waals surface area contributed by atoms with Gasteiger partial charge in [-0.2, -0.15) is 5.10 Å². The minimum Gasteiger partial charge on any atom is -0.459 e. The number of ether oxygens (including phenoxy) is 2. The Balaban J connectivity index is 1.90. The molecule has 2 rings (SSSR count). The molecular weight excluding hydrogens is 294 g/mol. The van der Waals surface area contributed by atoms with Gasteiger partial charge in [0.1, 0.15) is 18.3 Å². The molecule has 0 aromatic carbocycles. The second-order valence-electron chi connectivity index (χ2n) is 6.61. The van der Waals surface area contributed by atoms with Crippen molar-refractivity contribution in [2.75, 3.05) is 32.8 Å². The first-order valence-corrected chi connectivity index (χ1v) is 8.47. The maximum absolute atomic E-state index is 12.4. The highest BCUT2D eigenvalue weighted by molar-refractivity contribution is 5.91. The fourth-order valence-corrected chi connectivity index (χ4v) is 3.10. The number of carbonyl (C=O) groups excluding carboxylic acids is 1. The topological polar surface area (TPSA) is 56.6 Å². The Morgan fingerprint density at radius 1 is 1.43 bits per heavy atom. The van der Waals surface area contributed by atoms with Gasteiger partial charge in [0, 0.05) is 26.2 Å². The largest absolute Gasteiger partial charge is 0.459 e. The fourth-order valence-electron chi connectivity index (χ4n) is 3.10. The minimum atomic E-state index is -0.302. The van der Waals surface area contributed by atoms with E-state index in [0.29, 0.717) is 24.7 Å². The summed E-state index contributed by atoms with van der Waals surface area (Å²) in [6, 6.07) is 0. The molecule has 0 spiro atoms. The molecule has 23 heavy (non-hydrogen) atoms. The number of nitrogens with zero attached hydrogens (tertiary/aromatic N) is 3. The zero-order valence-electron chi connectivity index (χ0n) is 15.0. The average Bonchev–Trinajstić information content (AvgIpc) is 2.79. The van der Waals surface area contributed by atoms with Crippen LogP contribution in [-0.2, 0) is 16.0 Å². The molecule has 0 radical (unpaired) electrons. The van der Waals surface area contributed by atoms with Gasteiger partial charge < -0.3 is 9.47 Å². The van der Waals surface area contributed by atoms with Crippen LogP contribution in [0, 0.1) is 19.8 Å². The van der Waals surface area contributed by atoms with Crippen LogP contribution in [0.5, 0.6) is 0 Å². The summed E-state index contributed by atoms with van der Waals surface area (Å²) < 4.78 is 13.0. The third-order valence-electron chi connectivity index (χ3n) is 4.13. The molecule has 1 fully saturated rings. The summed E-state index contributed by atoms with van der Waals surface area (Å²) in [7, 11) is 0. The van der Waals surface area contributed by atoms with Crippen molar-refractivity contribution >= 4 is 5.97 Å². The Morgan fingerprint density at radius 2 is 2.17 bits per heavy atom. The van der Waals surface area contributed by atoms with E-state index in [2.05, 4.69) is 23.8 Å². The van der Waals surface area contributed by atoms with Crippen LogP contribution in [0.2, 0.25) is 0 Å². The van der Waals surface area contributed by atoms with E-state index in [9.17, 15) is 4.79 Å². The van der Waals surface area contributed by atoms with E-state index < -0.39 is 0 Å². The van der Waals surface area contributed by atoms with Crippen molar-refractivity contribution in [2.24, 2.45) is 5.92 Å². The molecule has 0 bridgehead atoms. The van der Waals surface area contributed by atoms with Gasteiger partial charge in [-0.05, 0) is 26.7 Å². The molecule has 6 heteroatoms. The smallest absolute Gasteiger partial charge is 0.341 e. The Hall–Kier alpha value is -1.40. The molecule has 0 N–H and O–H groups in total. The average molecular weight is 323 g/mol. The molecule has 0 amide bonds. The van der Waals surface area contributed by atoms with Crippen LogP contribution in [0.1, 0.15) is 42.5 Å². The van der Waals surface area contributed by atoms with Gasteiger partial charge >= 0.3 is 5.97 Å². The van der Waals surface area contributed by atoms with Crippen molar-refractivity contribution in [2.45, 2.75) is 47.3 Å². The van der Waals surface area contributed by atoms with Crippen molar-refractivity contribution in [3.8, 4) is 0 Å². The summed E-state index contributed by atoms with van der Waals surface area (Å²) in [5.74, 6) is 0.325. The van der Waals surface area contributed by atoms with Crippen LogP contribution < -0.4 is 0 Å². The molecule has 0 unspecified atom stereocenters. The zero-order valence-corrected chi connectivity index (χ0v) is 15.0. The lowest BCUT2D eigenvalue weighted by atomic mass is 10.2. The second kappa shape index (κ2) is 7.93. The molecule has 1 aromatic rings. The van der Waals surface area contributed by atoms with Crippen LogP contribution in [0.25, 0.3) is 0 Å². The van der Waals surface area contributed by atoms with Crippen molar-refractivity contribution in [3.63, 3.8) is 0 Å². The van der Waals surface area contributed by atoms with Gasteiger partial charge in [0.15, 0.2) is 0 Å². The number of carbonyl (C=O) groups is 1. The molecule has 1 aromatic heterocycles. The number of rotatable bonds is 6. The molecule has 1 atom stereocenters. The van der Waals surface area contributed by atoms with Crippen LogP contribution in [0.3, 0.4) is 0 Å². The lowest BCUT2D eigenvalue weighted by molar-refractivity contribution is -0.0612. The van der Waals surface area contributed by atoms with E-state index >= 15 is 0 Å². The van der Waals surface area contributed by atoms with E-state index in [1.54, 1.807) is 0 Å². The number of aromatic nitrogens is 2. The summed E-state index contributed by atoms with van der Waals surface area (Å²) in [4.78, 5) is 14.7. The molecule has 1 saturated heterocycles. The third kappa shape index (κ3) is 4.54. The summed E-state index contributed by atoms with van der Waals surface area (Å²) >= 11 is 0. The van der Waals surface area contributed by atoms with Gasteiger partial charge in [-0.1, -0.05) is 13.8 Å². The summed E-state index contributed by atoms with van der Waals surface area (Å²) in [5.41, 5.74) is 2.17. The SMILES string of the molecule is CCn1nc(C)c(C(=O)OC[C@H]2CN(CC(C)C)CCO2)c1C. The Kier molecular flexibility index (Phi) is 6.18. The van der Waals surface area contributed by atoms with E-state index in [1.807, 2.05) is 25.5 Å². The summed E-state index contributed by atoms with van der Waals surface area (Å²) in [6.45, 7) is 14.7. The van der Waals surface area contributed by atoms with Crippen molar-refractivity contribution in [1.82, 2.24) is 14.7 Å². The first kappa shape index (κ1) is 17.9. The fraction of sp³-hybridized carbons (Fsp3) is 0.765. The van der Waals surface area contributed by atoms with Gasteiger partial charge in [-0.25, -0.2) is 4.79 Å². The van der Waals surface area contributed by atoms with Crippen LogP contribution in [0.4, 0.5) is 0 Å². The number of esters is 1. The number of hydrogen-bond donors (Lipinski definition) is 0. The Bertz CT molecular complexity index is 539. The maximum atomic E-state index is 12.4. The van der Waals surface area contributed by atoms with Crippen LogP contribution in [0.15, 0.2) is 0 Å². The molecule has 6 nitrogen and oxygen atoms in total. The zero-order chi connectivity index (χ0) is 17.0. The quantitative estimate of drug-likeness (QED) is 0.750. The van der Waals surface area contributed by atoms with Crippen molar-refractivity contribution in [3.05, 3.63) is 17.0 Å². The Morgan fingerprint density at radius 3 is 2.78 bits per heavy atom. The molecule has 0 saturated carbocycles. The molecule has 1 aliphatic rings. The number of aryl methyl sites for hydroxylation is 2. The molecule has 2 heterocycles. The highest BCUT2D eigenvalue weighted by atomic mass is 16.6. The first-order chi connectivity index (χ1) is 10.9. The lowest BCUT2D eigenvalue weighted by Gasteiger charge is -2.33. The van der Waals surface area contributed by atoms with Crippen LogP contribution in [-0.4, -0.2) is 59.6 Å². The molecular formula is C17H29N3O3. The van der Waals surface area contributed by atoms with Crippen molar-refractivity contribution < 1.29 is 14.3 Å².